The van der Waals surface area contributed by atoms with E-state index in [4.69, 9.17) is 0 Å². The van der Waals surface area contributed by atoms with Crippen molar-refractivity contribution in [2.75, 3.05) is 13.6 Å². The van der Waals surface area contributed by atoms with Crippen LogP contribution in [0, 0.1) is 5.92 Å². The van der Waals surface area contributed by atoms with Gasteiger partial charge in [0.05, 0.1) is 5.56 Å². The van der Waals surface area contributed by atoms with Gasteiger partial charge in [-0.05, 0) is 30.9 Å². The molecule has 86 valence electrons. The minimum absolute atomic E-state index is 0.0612. The second-order valence-corrected chi connectivity index (χ2v) is 5.66. The van der Waals surface area contributed by atoms with Crippen molar-refractivity contribution in [1.29, 1.82) is 0 Å². The second-order valence-electron chi connectivity index (χ2n) is 4.36. The molecular formula is C12H15BrN2O. The fourth-order valence-electron chi connectivity index (χ4n) is 1.98. The molecule has 1 aliphatic rings. The summed E-state index contributed by atoms with van der Waals surface area (Å²) >= 11 is 3.56. The smallest absolute Gasteiger partial charge is 0.255 e. The van der Waals surface area contributed by atoms with Crippen molar-refractivity contribution >= 4 is 21.8 Å². The third kappa shape index (κ3) is 2.61. The van der Waals surface area contributed by atoms with Gasteiger partial charge in [0.2, 0.25) is 0 Å². The summed E-state index contributed by atoms with van der Waals surface area (Å²) < 4.78 is 0. The number of aromatic nitrogens is 1. The zero-order valence-corrected chi connectivity index (χ0v) is 10.9. The fourth-order valence-corrected chi connectivity index (χ4v) is 3.04. The summed E-state index contributed by atoms with van der Waals surface area (Å²) in [5.41, 5.74) is 0.666. The highest BCUT2D eigenvalue weighted by Gasteiger charge is 2.28. The lowest BCUT2D eigenvalue weighted by Crippen LogP contribution is -2.37. The van der Waals surface area contributed by atoms with E-state index in [2.05, 4.69) is 20.9 Å². The number of carbonyl (C=O) groups excluding carboxylic acids is 1. The van der Waals surface area contributed by atoms with Crippen LogP contribution in [0.3, 0.4) is 0 Å². The topological polar surface area (TPSA) is 33.2 Å². The molecule has 0 saturated heterocycles. The van der Waals surface area contributed by atoms with Gasteiger partial charge in [0.15, 0.2) is 0 Å². The molecule has 16 heavy (non-hydrogen) atoms. The van der Waals surface area contributed by atoms with Gasteiger partial charge >= 0.3 is 0 Å². The third-order valence-electron chi connectivity index (χ3n) is 2.97. The molecule has 1 aromatic rings. The van der Waals surface area contributed by atoms with Gasteiger partial charge in [0, 0.05) is 30.8 Å². The van der Waals surface area contributed by atoms with Crippen LogP contribution in [0.2, 0.25) is 0 Å². The minimum Gasteiger partial charge on any atom is -0.341 e. The number of nitrogens with zero attached hydrogens (tertiary/aromatic N) is 2. The van der Waals surface area contributed by atoms with E-state index in [0.29, 0.717) is 16.3 Å². The van der Waals surface area contributed by atoms with Crippen LogP contribution in [0.1, 0.15) is 23.2 Å². The van der Waals surface area contributed by atoms with Crippen LogP contribution in [0.25, 0.3) is 0 Å². The van der Waals surface area contributed by atoms with Crippen molar-refractivity contribution in [3.05, 3.63) is 30.1 Å². The highest BCUT2D eigenvalue weighted by molar-refractivity contribution is 9.09. The fraction of sp³-hybridized carbons (Fsp3) is 0.500. The standard InChI is InChI=1S/C12H15BrN2O/c1-15(8-9-5-11(13)6-9)12(16)10-3-2-4-14-7-10/h2-4,7,9,11H,5-6,8H2,1H3. The molecule has 0 N–H and O–H groups in total. The Kier molecular flexibility index (Phi) is 3.59. The lowest BCUT2D eigenvalue weighted by molar-refractivity contribution is 0.0748. The molecule has 4 heteroatoms. The highest BCUT2D eigenvalue weighted by Crippen LogP contribution is 2.33. The number of pyridine rings is 1. The number of hydrogen-bond donors (Lipinski definition) is 0. The van der Waals surface area contributed by atoms with Crippen molar-refractivity contribution in [2.45, 2.75) is 17.7 Å². The zero-order valence-electron chi connectivity index (χ0n) is 9.27. The first kappa shape index (κ1) is 11.6. The predicted molar refractivity (Wildman–Crippen MR) is 66.6 cm³/mol. The summed E-state index contributed by atoms with van der Waals surface area (Å²) in [6.07, 6.45) is 5.64. The molecular weight excluding hydrogens is 268 g/mol. The Labute approximate surface area is 104 Å². The lowest BCUT2D eigenvalue weighted by Gasteiger charge is -2.34. The summed E-state index contributed by atoms with van der Waals surface area (Å²) in [7, 11) is 1.86. The molecule has 0 unspecified atom stereocenters. The highest BCUT2D eigenvalue weighted by atomic mass is 79.9. The number of rotatable bonds is 3. The minimum atomic E-state index is 0.0612. The van der Waals surface area contributed by atoms with Crippen molar-refractivity contribution in [3.63, 3.8) is 0 Å². The Balaban J connectivity index is 1.90. The first-order valence-electron chi connectivity index (χ1n) is 5.46. The van der Waals surface area contributed by atoms with E-state index in [1.807, 2.05) is 7.05 Å². The summed E-state index contributed by atoms with van der Waals surface area (Å²) in [6.45, 7) is 0.843. The Hall–Kier alpha value is -0.900. The van der Waals surface area contributed by atoms with E-state index in [0.717, 1.165) is 6.54 Å². The van der Waals surface area contributed by atoms with Crippen molar-refractivity contribution in [3.8, 4) is 0 Å². The number of amides is 1. The van der Waals surface area contributed by atoms with Crippen molar-refractivity contribution in [1.82, 2.24) is 9.88 Å². The molecule has 1 amide bonds. The van der Waals surface area contributed by atoms with Gasteiger partial charge in [-0.3, -0.25) is 9.78 Å². The SMILES string of the molecule is CN(CC1CC(Br)C1)C(=O)c1cccnc1. The van der Waals surface area contributed by atoms with Gasteiger partial charge < -0.3 is 4.90 Å². The summed E-state index contributed by atoms with van der Waals surface area (Å²) in [5.74, 6) is 0.709. The Morgan fingerprint density at radius 3 is 2.94 bits per heavy atom. The van der Waals surface area contributed by atoms with Gasteiger partial charge in [-0.2, -0.15) is 0 Å². The maximum absolute atomic E-state index is 12.0. The van der Waals surface area contributed by atoms with Crippen LogP contribution in [0.15, 0.2) is 24.5 Å². The first-order chi connectivity index (χ1) is 7.66. The van der Waals surface area contributed by atoms with E-state index in [1.165, 1.54) is 12.8 Å². The van der Waals surface area contributed by atoms with E-state index < -0.39 is 0 Å². The average Bonchev–Trinajstić information content (AvgIpc) is 2.27. The van der Waals surface area contributed by atoms with Gasteiger partial charge in [0.25, 0.3) is 5.91 Å². The molecule has 3 nitrogen and oxygen atoms in total. The number of hydrogen-bond acceptors (Lipinski definition) is 2. The molecule has 1 aromatic heterocycles. The quantitative estimate of drug-likeness (QED) is 0.798. The summed E-state index contributed by atoms with van der Waals surface area (Å²) in [4.78, 5) is 18.4. The van der Waals surface area contributed by atoms with Gasteiger partial charge in [-0.1, -0.05) is 15.9 Å². The van der Waals surface area contributed by atoms with Crippen LogP contribution in [-0.2, 0) is 0 Å². The molecule has 1 saturated carbocycles. The second kappa shape index (κ2) is 4.95. The molecule has 0 spiro atoms. The maximum atomic E-state index is 12.0. The van der Waals surface area contributed by atoms with Crippen molar-refractivity contribution in [2.24, 2.45) is 5.92 Å². The summed E-state index contributed by atoms with van der Waals surface area (Å²) in [5, 5.41) is 0. The number of halogens is 1. The van der Waals surface area contributed by atoms with E-state index >= 15 is 0 Å². The van der Waals surface area contributed by atoms with Crippen LogP contribution >= 0.6 is 15.9 Å². The van der Waals surface area contributed by atoms with E-state index in [9.17, 15) is 4.79 Å². The largest absolute Gasteiger partial charge is 0.341 e. The van der Waals surface area contributed by atoms with Crippen LogP contribution in [-0.4, -0.2) is 34.2 Å². The first-order valence-corrected chi connectivity index (χ1v) is 6.38. The lowest BCUT2D eigenvalue weighted by atomic mass is 9.85. The molecule has 1 fully saturated rings. The monoisotopic (exact) mass is 282 g/mol. The van der Waals surface area contributed by atoms with Crippen LogP contribution in [0.5, 0.6) is 0 Å². The Bertz CT molecular complexity index is 363. The van der Waals surface area contributed by atoms with Crippen molar-refractivity contribution < 1.29 is 4.79 Å². The van der Waals surface area contributed by atoms with E-state index in [1.54, 1.807) is 29.4 Å². The normalized spacial score (nSPS) is 23.6. The van der Waals surface area contributed by atoms with Crippen LogP contribution in [0.4, 0.5) is 0 Å². The maximum Gasteiger partial charge on any atom is 0.255 e. The van der Waals surface area contributed by atoms with Gasteiger partial charge in [-0.15, -0.1) is 0 Å². The zero-order chi connectivity index (χ0) is 11.5. The average molecular weight is 283 g/mol. The Morgan fingerprint density at radius 1 is 1.62 bits per heavy atom. The molecule has 1 heterocycles. The van der Waals surface area contributed by atoms with Crippen LogP contribution < -0.4 is 0 Å². The third-order valence-corrected chi connectivity index (χ3v) is 3.71. The predicted octanol–water partition coefficient (Wildman–Crippen LogP) is 2.33. The molecule has 0 bridgehead atoms. The molecule has 2 rings (SSSR count). The molecule has 0 atom stereocenters. The van der Waals surface area contributed by atoms with Gasteiger partial charge in [0.1, 0.15) is 0 Å². The molecule has 1 aliphatic carbocycles. The summed E-state index contributed by atoms with van der Waals surface area (Å²) in [6, 6.07) is 3.60. The Morgan fingerprint density at radius 2 is 2.38 bits per heavy atom. The molecule has 0 aromatic carbocycles. The number of carbonyl (C=O) groups is 1. The number of alkyl halides is 1. The van der Waals surface area contributed by atoms with Gasteiger partial charge in [-0.25, -0.2) is 0 Å². The molecule has 0 aliphatic heterocycles. The van der Waals surface area contributed by atoms with E-state index in [-0.39, 0.29) is 5.91 Å². The molecule has 0 radical (unpaired) electrons.